The van der Waals surface area contributed by atoms with Crippen LogP contribution in [0.5, 0.6) is 0 Å². The lowest BCUT2D eigenvalue weighted by molar-refractivity contribution is -0.114. The number of aliphatic hydroxyl groups is 1. The van der Waals surface area contributed by atoms with E-state index in [9.17, 15) is 14.7 Å². The first kappa shape index (κ1) is 24.4. The van der Waals surface area contributed by atoms with Crippen LogP contribution < -0.4 is 10.6 Å². The van der Waals surface area contributed by atoms with Gasteiger partial charge in [0.2, 0.25) is 6.41 Å². The Hall–Kier alpha value is -3.24. The van der Waals surface area contributed by atoms with Crippen molar-refractivity contribution in [2.75, 3.05) is 25.2 Å². The lowest BCUT2D eigenvalue weighted by Gasteiger charge is -2.22. The van der Waals surface area contributed by atoms with E-state index in [1.807, 2.05) is 13.8 Å². The zero-order valence-corrected chi connectivity index (χ0v) is 19.8. The van der Waals surface area contributed by atoms with E-state index in [0.717, 1.165) is 5.56 Å². The van der Waals surface area contributed by atoms with Gasteiger partial charge >= 0.3 is 0 Å². The number of carbonyl (C=O) groups excluding carboxylic acids is 1. The predicted molar refractivity (Wildman–Crippen MR) is 127 cm³/mol. The molecule has 0 radical (unpaired) electrons. The highest BCUT2D eigenvalue weighted by Crippen LogP contribution is 2.31. The summed E-state index contributed by atoms with van der Waals surface area (Å²) in [6, 6.07) is 2.71. The average molecular weight is 477 g/mol. The Labute approximate surface area is 195 Å². The summed E-state index contributed by atoms with van der Waals surface area (Å²) in [5, 5.41) is 22.7. The molecule has 176 valence electrons. The number of halogens is 2. The van der Waals surface area contributed by atoms with Gasteiger partial charge in [0.1, 0.15) is 23.3 Å². The van der Waals surface area contributed by atoms with Crippen molar-refractivity contribution in [3.8, 4) is 5.69 Å². The van der Waals surface area contributed by atoms with Crippen molar-refractivity contribution >= 4 is 40.3 Å². The summed E-state index contributed by atoms with van der Waals surface area (Å²) in [6.45, 7) is 7.17. The molecule has 0 bridgehead atoms. The number of hydrogen-bond donors (Lipinski definition) is 2. The standard InChI is InChI=1S/C22H26ClFN6O3/c1-6-29(11-32)19(10-31)27-28(5)18-8-14-15(7-17(18)24)22(33)30(9-16(14)12(2)3)20-13(4)25-26-21(20)23/h7-9,11-12,31H,6,10H2,1-5H3,(H,25,26)/b27-19-. The molecule has 0 aliphatic carbocycles. The monoisotopic (exact) mass is 476 g/mol. The second-order valence-electron chi connectivity index (χ2n) is 7.82. The average Bonchev–Trinajstić information content (AvgIpc) is 3.11. The van der Waals surface area contributed by atoms with Crippen molar-refractivity contribution in [1.82, 2.24) is 19.7 Å². The Morgan fingerprint density at radius 2 is 2.09 bits per heavy atom. The van der Waals surface area contributed by atoms with E-state index in [2.05, 4.69) is 15.3 Å². The number of rotatable bonds is 7. The van der Waals surface area contributed by atoms with Gasteiger partial charge in [-0.3, -0.25) is 29.2 Å². The molecule has 3 rings (SSSR count). The molecule has 1 aromatic carbocycles. The molecule has 2 heterocycles. The van der Waals surface area contributed by atoms with E-state index < -0.39 is 18.0 Å². The fourth-order valence-electron chi connectivity index (χ4n) is 3.65. The number of anilines is 1. The van der Waals surface area contributed by atoms with Gasteiger partial charge < -0.3 is 5.11 Å². The number of fused-ring (bicyclic) bond motifs is 1. The minimum Gasteiger partial charge on any atom is -0.388 e. The van der Waals surface area contributed by atoms with E-state index in [4.69, 9.17) is 11.6 Å². The van der Waals surface area contributed by atoms with Crippen LogP contribution in [0.3, 0.4) is 0 Å². The summed E-state index contributed by atoms with van der Waals surface area (Å²) in [5.41, 5.74) is 1.40. The highest BCUT2D eigenvalue weighted by atomic mass is 35.5. The molecule has 0 aliphatic heterocycles. The Morgan fingerprint density at radius 1 is 1.39 bits per heavy atom. The molecule has 33 heavy (non-hydrogen) atoms. The molecule has 9 nitrogen and oxygen atoms in total. The first-order chi connectivity index (χ1) is 15.6. The fraction of sp³-hybridized carbons (Fsp3) is 0.364. The molecular formula is C22H26ClFN6O3. The van der Waals surface area contributed by atoms with Crippen molar-refractivity contribution in [2.45, 2.75) is 33.6 Å². The van der Waals surface area contributed by atoms with Gasteiger partial charge in [0.25, 0.3) is 5.56 Å². The Morgan fingerprint density at radius 3 is 2.61 bits per heavy atom. The van der Waals surface area contributed by atoms with Gasteiger partial charge in [-0.15, -0.1) is 0 Å². The lowest BCUT2D eigenvalue weighted by Crippen LogP contribution is -2.34. The third-order valence-corrected chi connectivity index (χ3v) is 5.67. The normalized spacial score (nSPS) is 12.0. The van der Waals surface area contributed by atoms with Crippen LogP contribution >= 0.6 is 11.6 Å². The van der Waals surface area contributed by atoms with E-state index >= 15 is 4.39 Å². The number of aromatic nitrogens is 3. The molecule has 0 spiro atoms. The second kappa shape index (κ2) is 9.72. The van der Waals surface area contributed by atoms with Gasteiger partial charge in [-0.2, -0.15) is 10.2 Å². The van der Waals surface area contributed by atoms with Crippen molar-refractivity contribution in [1.29, 1.82) is 0 Å². The van der Waals surface area contributed by atoms with E-state index in [1.54, 1.807) is 26.1 Å². The van der Waals surface area contributed by atoms with E-state index in [1.165, 1.54) is 27.6 Å². The number of hydrazone groups is 1. The number of amides is 1. The zero-order chi connectivity index (χ0) is 24.4. The lowest BCUT2D eigenvalue weighted by atomic mass is 9.97. The first-order valence-corrected chi connectivity index (χ1v) is 10.8. The third-order valence-electron chi connectivity index (χ3n) is 5.41. The predicted octanol–water partition coefficient (Wildman–Crippen LogP) is 3.16. The van der Waals surface area contributed by atoms with Crippen LogP contribution in [0.4, 0.5) is 10.1 Å². The van der Waals surface area contributed by atoms with E-state index in [0.29, 0.717) is 29.7 Å². The maximum absolute atomic E-state index is 15.2. The van der Waals surface area contributed by atoms with Crippen LogP contribution in [0.25, 0.3) is 16.5 Å². The summed E-state index contributed by atoms with van der Waals surface area (Å²) >= 11 is 6.22. The molecular weight excluding hydrogens is 451 g/mol. The van der Waals surface area contributed by atoms with Gasteiger partial charge in [-0.1, -0.05) is 25.4 Å². The van der Waals surface area contributed by atoms with Gasteiger partial charge in [0.15, 0.2) is 5.84 Å². The number of H-pyrrole nitrogens is 1. The largest absolute Gasteiger partial charge is 0.388 e. The molecule has 11 heteroatoms. The third kappa shape index (κ3) is 4.49. The Kier molecular flexibility index (Phi) is 7.19. The summed E-state index contributed by atoms with van der Waals surface area (Å²) < 4.78 is 16.6. The van der Waals surface area contributed by atoms with Crippen LogP contribution in [0.15, 0.2) is 28.2 Å². The van der Waals surface area contributed by atoms with Gasteiger partial charge in [-0.05, 0) is 42.8 Å². The molecule has 0 saturated heterocycles. The highest BCUT2D eigenvalue weighted by molar-refractivity contribution is 6.31. The van der Waals surface area contributed by atoms with Crippen LogP contribution in [-0.4, -0.2) is 57.2 Å². The van der Waals surface area contributed by atoms with Gasteiger partial charge in [-0.25, -0.2) is 4.39 Å². The minimum atomic E-state index is -0.681. The molecule has 2 N–H and O–H groups in total. The number of hydrogen-bond acceptors (Lipinski definition) is 6. The number of nitrogens with zero attached hydrogens (tertiary/aromatic N) is 5. The van der Waals surface area contributed by atoms with Crippen LogP contribution in [0.1, 0.15) is 37.9 Å². The number of likely N-dealkylation sites (N-methyl/N-ethyl adjacent to an activating group) is 1. The SMILES string of the molecule is CCN(C=O)/C(CO)=N\N(C)c1cc2c(C(C)C)cn(-c3c(C)n[nH]c3Cl)c(=O)c2cc1F. The molecule has 1 amide bonds. The summed E-state index contributed by atoms with van der Waals surface area (Å²) in [6.07, 6.45) is 2.23. The number of aromatic amines is 1. The van der Waals surface area contributed by atoms with Crippen molar-refractivity contribution in [3.63, 3.8) is 0 Å². The Bertz CT molecular complexity index is 1260. The van der Waals surface area contributed by atoms with Crippen molar-refractivity contribution in [2.24, 2.45) is 5.10 Å². The first-order valence-electron chi connectivity index (χ1n) is 10.4. The molecule has 0 fully saturated rings. The molecule has 0 unspecified atom stereocenters. The number of aliphatic hydroxyl groups excluding tert-OH is 1. The van der Waals surface area contributed by atoms with Crippen molar-refractivity contribution in [3.05, 3.63) is 50.9 Å². The fourth-order valence-corrected chi connectivity index (χ4v) is 3.92. The van der Waals surface area contributed by atoms with Crippen LogP contribution in [-0.2, 0) is 4.79 Å². The van der Waals surface area contributed by atoms with Crippen LogP contribution in [0.2, 0.25) is 5.15 Å². The quantitative estimate of drug-likeness (QED) is 0.236. The smallest absolute Gasteiger partial charge is 0.263 e. The molecule has 3 aromatic rings. The summed E-state index contributed by atoms with van der Waals surface area (Å²) in [7, 11) is 1.50. The number of carbonyl (C=O) groups is 1. The molecule has 0 saturated carbocycles. The number of aryl methyl sites for hydroxylation is 1. The molecule has 0 atom stereocenters. The summed E-state index contributed by atoms with van der Waals surface area (Å²) in [5.74, 6) is -0.616. The number of pyridine rings is 1. The number of nitrogens with one attached hydrogen (secondary N) is 1. The topological polar surface area (TPSA) is 107 Å². The number of amidine groups is 1. The van der Waals surface area contributed by atoms with Crippen LogP contribution in [0, 0.1) is 12.7 Å². The minimum absolute atomic E-state index is 0.00361. The van der Waals surface area contributed by atoms with Gasteiger partial charge in [0, 0.05) is 19.8 Å². The summed E-state index contributed by atoms with van der Waals surface area (Å²) in [4.78, 5) is 25.7. The Balaban J connectivity index is 2.26. The van der Waals surface area contributed by atoms with Gasteiger partial charge in [0.05, 0.1) is 16.8 Å². The molecule has 0 aliphatic rings. The maximum Gasteiger partial charge on any atom is 0.263 e. The second-order valence-corrected chi connectivity index (χ2v) is 8.20. The molecule has 2 aromatic heterocycles. The van der Waals surface area contributed by atoms with E-state index in [-0.39, 0.29) is 28.0 Å². The highest BCUT2D eigenvalue weighted by Gasteiger charge is 2.20. The number of benzene rings is 1. The van der Waals surface area contributed by atoms with Crippen molar-refractivity contribution < 1.29 is 14.3 Å². The maximum atomic E-state index is 15.2. The zero-order valence-electron chi connectivity index (χ0n) is 19.1.